The fraction of sp³-hybridized carbons (Fsp3) is 0.444. The van der Waals surface area contributed by atoms with E-state index in [0.717, 1.165) is 6.92 Å². The highest BCUT2D eigenvalue weighted by atomic mass is 35.5. The Bertz CT molecular complexity index is 1100. The van der Waals surface area contributed by atoms with Crippen molar-refractivity contribution in [1.29, 1.82) is 0 Å². The first kappa shape index (κ1) is 21.5. The van der Waals surface area contributed by atoms with Crippen molar-refractivity contribution in [1.82, 2.24) is 25.0 Å². The van der Waals surface area contributed by atoms with Crippen LogP contribution in [0.15, 0.2) is 24.3 Å². The van der Waals surface area contributed by atoms with Crippen molar-refractivity contribution in [3.8, 4) is 6.01 Å². The van der Waals surface area contributed by atoms with Gasteiger partial charge in [0.1, 0.15) is 0 Å². The number of hydrogen-bond donors (Lipinski definition) is 0. The number of anilines is 1. The van der Waals surface area contributed by atoms with Gasteiger partial charge in [0.05, 0.1) is 13.1 Å². The van der Waals surface area contributed by atoms with E-state index in [1.807, 2.05) is 0 Å². The Labute approximate surface area is 177 Å². The highest BCUT2D eigenvalue weighted by Gasteiger charge is 2.41. The molecule has 1 saturated heterocycles. The lowest BCUT2D eigenvalue weighted by molar-refractivity contribution is -0.190. The standard InChI is InChI=1S/C18H16ClF5N6O/c1-10(18(22,23)24)31-16-25-14(29-7-6-17(20,21)9-29)13-15(26-16)30(28-27-13)8-11-4-2-3-5-12(11)19/h2-5,10H,6-9H2,1H3/t10-/m0/s1. The van der Waals surface area contributed by atoms with E-state index < -0.39 is 37.2 Å². The zero-order valence-corrected chi connectivity index (χ0v) is 16.8. The number of fused-ring (bicyclic) bond motifs is 1. The van der Waals surface area contributed by atoms with Crippen LogP contribution in [0.1, 0.15) is 18.9 Å². The fourth-order valence-corrected chi connectivity index (χ4v) is 3.33. The molecule has 1 aromatic carbocycles. The molecule has 7 nitrogen and oxygen atoms in total. The van der Waals surface area contributed by atoms with E-state index in [1.165, 1.54) is 9.58 Å². The van der Waals surface area contributed by atoms with Crippen LogP contribution in [0.4, 0.5) is 27.8 Å². The average Bonchev–Trinajstić information content (AvgIpc) is 3.25. The summed E-state index contributed by atoms with van der Waals surface area (Å²) in [6, 6.07) is 6.30. The fourth-order valence-electron chi connectivity index (χ4n) is 3.13. The number of alkyl halides is 5. The van der Waals surface area contributed by atoms with Crippen LogP contribution in [-0.4, -0.2) is 56.3 Å². The molecule has 1 aliphatic rings. The molecule has 0 aliphatic carbocycles. The molecule has 31 heavy (non-hydrogen) atoms. The van der Waals surface area contributed by atoms with Crippen molar-refractivity contribution in [3.05, 3.63) is 34.9 Å². The van der Waals surface area contributed by atoms with Gasteiger partial charge in [-0.2, -0.15) is 23.1 Å². The maximum absolute atomic E-state index is 13.8. The van der Waals surface area contributed by atoms with Crippen LogP contribution in [0, 0.1) is 0 Å². The zero-order valence-electron chi connectivity index (χ0n) is 16.1. The molecule has 166 valence electrons. The minimum Gasteiger partial charge on any atom is -0.451 e. The number of rotatable bonds is 5. The number of nitrogens with zero attached hydrogens (tertiary/aromatic N) is 6. The smallest absolute Gasteiger partial charge is 0.425 e. The highest BCUT2D eigenvalue weighted by Crippen LogP contribution is 2.34. The molecule has 0 N–H and O–H groups in total. The van der Waals surface area contributed by atoms with Gasteiger partial charge >= 0.3 is 12.2 Å². The first-order chi connectivity index (χ1) is 14.5. The predicted octanol–water partition coefficient (Wildman–Crippen LogP) is 4.10. The van der Waals surface area contributed by atoms with E-state index in [1.54, 1.807) is 24.3 Å². The monoisotopic (exact) mass is 462 g/mol. The van der Waals surface area contributed by atoms with Crippen molar-refractivity contribution in [2.24, 2.45) is 0 Å². The highest BCUT2D eigenvalue weighted by molar-refractivity contribution is 6.31. The van der Waals surface area contributed by atoms with Gasteiger partial charge in [-0.1, -0.05) is 35.0 Å². The largest absolute Gasteiger partial charge is 0.451 e. The summed E-state index contributed by atoms with van der Waals surface area (Å²) in [5, 5.41) is 8.42. The minimum absolute atomic E-state index is 0.0458. The van der Waals surface area contributed by atoms with Gasteiger partial charge < -0.3 is 9.64 Å². The SMILES string of the molecule is C[C@H](Oc1nc(N2CCC(F)(F)C2)c2nnn(Cc3ccccc3Cl)c2n1)C(F)(F)F. The van der Waals surface area contributed by atoms with Crippen LogP contribution in [0.25, 0.3) is 11.2 Å². The van der Waals surface area contributed by atoms with Crippen molar-refractivity contribution < 1.29 is 26.7 Å². The molecule has 1 aliphatic heterocycles. The lowest BCUT2D eigenvalue weighted by atomic mass is 10.2. The molecule has 0 radical (unpaired) electrons. The number of benzene rings is 1. The molecule has 1 atom stereocenters. The summed E-state index contributed by atoms with van der Waals surface area (Å²) in [4.78, 5) is 9.23. The Kier molecular flexibility index (Phi) is 5.36. The van der Waals surface area contributed by atoms with Gasteiger partial charge in [-0.25, -0.2) is 13.5 Å². The van der Waals surface area contributed by atoms with Gasteiger partial charge in [-0.3, -0.25) is 0 Å². The molecule has 0 bridgehead atoms. The Morgan fingerprint density at radius 1 is 1.23 bits per heavy atom. The lowest BCUT2D eigenvalue weighted by Gasteiger charge is -2.20. The van der Waals surface area contributed by atoms with E-state index in [-0.39, 0.29) is 30.1 Å². The van der Waals surface area contributed by atoms with Gasteiger partial charge in [0.25, 0.3) is 5.92 Å². The van der Waals surface area contributed by atoms with Gasteiger partial charge in [0, 0.05) is 18.0 Å². The van der Waals surface area contributed by atoms with Crippen LogP contribution in [0.3, 0.4) is 0 Å². The van der Waals surface area contributed by atoms with Gasteiger partial charge in [0.2, 0.25) is 0 Å². The molecule has 0 saturated carbocycles. The zero-order chi connectivity index (χ0) is 22.4. The van der Waals surface area contributed by atoms with Crippen LogP contribution < -0.4 is 9.64 Å². The third-order valence-electron chi connectivity index (χ3n) is 4.81. The molecular weight excluding hydrogens is 447 g/mol. The topological polar surface area (TPSA) is 69.0 Å². The van der Waals surface area contributed by atoms with Gasteiger partial charge in [-0.15, -0.1) is 5.10 Å². The third-order valence-corrected chi connectivity index (χ3v) is 5.18. The van der Waals surface area contributed by atoms with Crippen molar-refractivity contribution in [3.63, 3.8) is 0 Å². The summed E-state index contributed by atoms with van der Waals surface area (Å²) < 4.78 is 72.6. The molecule has 0 unspecified atom stereocenters. The maximum Gasteiger partial charge on any atom is 0.425 e. The first-order valence-electron chi connectivity index (χ1n) is 9.24. The number of halogens is 6. The van der Waals surface area contributed by atoms with Crippen molar-refractivity contribution in [2.75, 3.05) is 18.0 Å². The second-order valence-corrected chi connectivity index (χ2v) is 7.58. The molecule has 2 aromatic heterocycles. The molecule has 13 heteroatoms. The number of ether oxygens (including phenoxy) is 1. The van der Waals surface area contributed by atoms with Crippen LogP contribution in [0.2, 0.25) is 5.02 Å². The summed E-state index contributed by atoms with van der Waals surface area (Å²) >= 11 is 6.17. The van der Waals surface area contributed by atoms with E-state index in [2.05, 4.69) is 20.3 Å². The Morgan fingerprint density at radius 3 is 2.61 bits per heavy atom. The summed E-state index contributed by atoms with van der Waals surface area (Å²) in [6.45, 7) is 0.211. The Morgan fingerprint density at radius 2 is 1.97 bits per heavy atom. The van der Waals surface area contributed by atoms with E-state index >= 15 is 0 Å². The molecule has 1 fully saturated rings. The van der Waals surface area contributed by atoms with Gasteiger partial charge in [-0.05, 0) is 18.6 Å². The van der Waals surface area contributed by atoms with E-state index in [4.69, 9.17) is 16.3 Å². The van der Waals surface area contributed by atoms with Crippen LogP contribution >= 0.6 is 11.6 Å². The second-order valence-electron chi connectivity index (χ2n) is 7.17. The predicted molar refractivity (Wildman–Crippen MR) is 102 cm³/mol. The summed E-state index contributed by atoms with van der Waals surface area (Å²) in [5.74, 6) is -3.01. The molecule has 3 aromatic rings. The van der Waals surface area contributed by atoms with Crippen LogP contribution in [-0.2, 0) is 6.54 Å². The summed E-state index contributed by atoms with van der Waals surface area (Å²) in [6.07, 6.45) is -7.28. The molecular formula is C18H16ClF5N6O. The maximum atomic E-state index is 13.8. The summed E-state index contributed by atoms with van der Waals surface area (Å²) in [7, 11) is 0. The van der Waals surface area contributed by atoms with Crippen molar-refractivity contribution >= 4 is 28.6 Å². The third kappa shape index (κ3) is 4.48. The second kappa shape index (κ2) is 7.74. The first-order valence-corrected chi connectivity index (χ1v) is 9.62. The van der Waals surface area contributed by atoms with Gasteiger partial charge in [0.15, 0.2) is 23.1 Å². The van der Waals surface area contributed by atoms with E-state index in [9.17, 15) is 22.0 Å². The normalized spacial score (nSPS) is 17.3. The summed E-state index contributed by atoms with van der Waals surface area (Å²) in [5.41, 5.74) is 0.788. The van der Waals surface area contributed by atoms with Crippen molar-refractivity contribution in [2.45, 2.75) is 38.1 Å². The molecule has 4 rings (SSSR count). The van der Waals surface area contributed by atoms with Crippen LogP contribution in [0.5, 0.6) is 6.01 Å². The van der Waals surface area contributed by atoms with E-state index in [0.29, 0.717) is 10.6 Å². The Hall–Kier alpha value is -2.76. The minimum atomic E-state index is -4.66. The molecule has 0 amide bonds. The number of hydrogen-bond acceptors (Lipinski definition) is 6. The quantitative estimate of drug-likeness (QED) is 0.532. The molecule has 3 heterocycles. The Balaban J connectivity index is 1.78. The average molecular weight is 463 g/mol. The lowest BCUT2D eigenvalue weighted by Crippen LogP contribution is -2.32. The number of aromatic nitrogens is 5. The molecule has 0 spiro atoms.